The Bertz CT molecular complexity index is 1950. The number of carbonyl (C=O) groups is 1. The Kier molecular flexibility index (Phi) is 8.19. The quantitative estimate of drug-likeness (QED) is 0.257. The molecule has 4 aliphatic rings. The number of fused-ring (bicyclic) bond motifs is 2. The summed E-state index contributed by atoms with van der Waals surface area (Å²) in [6, 6.07) is 16.4. The maximum atomic E-state index is 12.8. The third-order valence-corrected chi connectivity index (χ3v) is 10.2. The van der Waals surface area contributed by atoms with Gasteiger partial charge in [0.1, 0.15) is 17.2 Å². The van der Waals surface area contributed by atoms with Crippen LogP contribution in [0.3, 0.4) is 0 Å². The van der Waals surface area contributed by atoms with Gasteiger partial charge in [-0.1, -0.05) is 18.2 Å². The van der Waals surface area contributed by atoms with Crippen molar-refractivity contribution in [2.75, 3.05) is 48.5 Å². The predicted octanol–water partition coefficient (Wildman–Crippen LogP) is 4.88. The lowest BCUT2D eigenvalue weighted by molar-refractivity contribution is -0.111. The average molecular weight is 669 g/mol. The number of carbonyl (C=O) groups excluding carboxylic acids is 1. The summed E-state index contributed by atoms with van der Waals surface area (Å²) in [5, 5.41) is 36.8. The number of phenols is 1. The molecule has 2 unspecified atom stereocenters. The summed E-state index contributed by atoms with van der Waals surface area (Å²) >= 11 is 0. The third kappa shape index (κ3) is 5.25. The van der Waals surface area contributed by atoms with Crippen LogP contribution in [0.1, 0.15) is 43.7 Å². The van der Waals surface area contributed by atoms with Crippen molar-refractivity contribution in [2.45, 2.75) is 37.1 Å². The second-order valence-electron chi connectivity index (χ2n) is 12.9. The van der Waals surface area contributed by atoms with E-state index in [1.54, 1.807) is 37.3 Å². The zero-order valence-electron chi connectivity index (χ0n) is 28.2. The molecule has 4 aromatic carbocycles. The summed E-state index contributed by atoms with van der Waals surface area (Å²) in [5.41, 5.74) is 0.762. The highest BCUT2D eigenvalue weighted by atomic mass is 16.5. The van der Waals surface area contributed by atoms with Gasteiger partial charge in [0.05, 0.1) is 32.5 Å². The molecule has 11 heteroatoms. The van der Waals surface area contributed by atoms with E-state index in [0.717, 1.165) is 11.1 Å². The number of benzene rings is 4. The molecule has 0 aromatic heterocycles. The molecule has 0 saturated carbocycles. The van der Waals surface area contributed by atoms with Crippen LogP contribution in [-0.2, 0) is 37.1 Å². The lowest BCUT2D eigenvalue weighted by atomic mass is 9.83. The molecule has 8 rings (SSSR count). The molecular weight excluding hydrogens is 628 g/mol. The fraction of sp³-hybridized carbons (Fsp3) is 0.342. The number of nitrogens with zero attached hydrogens (tertiary/aromatic N) is 2. The number of aldehydes is 1. The maximum absolute atomic E-state index is 12.8. The standard InChI is InChI=1S/C38H40N2O9/c1-39-14-12-24-17-25(21-41)30-18-28(24)37(39,43)19-22-6-9-26(10-7-22)48-31-16-23(8-11-29(31)45-3)20-38(44)32-27(13-15-40(38)2)33(42)35(46-4)36(47-5)34(32)49-30/h6-11,16-18,21,42-44H,12-15,19-20H2,1-5H3. The van der Waals surface area contributed by atoms with Gasteiger partial charge in [0.25, 0.3) is 0 Å². The van der Waals surface area contributed by atoms with Crippen LogP contribution in [0.15, 0.2) is 54.6 Å². The lowest BCUT2D eigenvalue weighted by Crippen LogP contribution is -2.50. The van der Waals surface area contributed by atoms with E-state index < -0.39 is 11.4 Å². The van der Waals surface area contributed by atoms with Crippen molar-refractivity contribution in [1.82, 2.24) is 9.80 Å². The molecule has 0 saturated heterocycles. The summed E-state index contributed by atoms with van der Waals surface area (Å²) in [5.74, 6) is 1.67. The first kappa shape index (κ1) is 32.7. The topological polar surface area (TPSA) is 130 Å². The van der Waals surface area contributed by atoms with E-state index in [-0.39, 0.29) is 52.7 Å². The Morgan fingerprint density at radius 3 is 2.14 bits per heavy atom. The van der Waals surface area contributed by atoms with Crippen LogP contribution in [0, 0.1) is 0 Å². The van der Waals surface area contributed by atoms with Gasteiger partial charge in [-0.15, -0.1) is 0 Å². The second kappa shape index (κ2) is 12.3. The number of ether oxygens (including phenoxy) is 5. The van der Waals surface area contributed by atoms with Gasteiger partial charge in [0, 0.05) is 37.1 Å². The van der Waals surface area contributed by atoms with Crippen LogP contribution in [0.25, 0.3) is 0 Å². The number of aliphatic hydroxyl groups is 2. The fourth-order valence-electron chi connectivity index (χ4n) is 7.44. The number of rotatable bonds is 4. The molecule has 11 nitrogen and oxygen atoms in total. The van der Waals surface area contributed by atoms with E-state index in [2.05, 4.69) is 0 Å². The number of hydrogen-bond acceptors (Lipinski definition) is 11. The highest BCUT2D eigenvalue weighted by molar-refractivity contribution is 5.81. The molecule has 3 N–H and O–H groups in total. The summed E-state index contributed by atoms with van der Waals surface area (Å²) < 4.78 is 30.1. The Labute approximate surface area is 284 Å². The van der Waals surface area contributed by atoms with Gasteiger partial charge < -0.3 is 39.0 Å². The third-order valence-electron chi connectivity index (χ3n) is 10.2. The first-order valence-corrected chi connectivity index (χ1v) is 16.2. The van der Waals surface area contributed by atoms with Crippen molar-refractivity contribution in [3.05, 3.63) is 93.5 Å². The first-order valence-electron chi connectivity index (χ1n) is 16.2. The van der Waals surface area contributed by atoms with Gasteiger partial charge in [-0.25, -0.2) is 0 Å². The molecule has 4 aliphatic heterocycles. The van der Waals surface area contributed by atoms with Gasteiger partial charge in [0.2, 0.25) is 11.5 Å². The molecule has 2 atom stereocenters. The molecule has 0 spiro atoms. The van der Waals surface area contributed by atoms with Crippen molar-refractivity contribution >= 4 is 6.29 Å². The monoisotopic (exact) mass is 668 g/mol. The molecule has 256 valence electrons. The van der Waals surface area contributed by atoms with Crippen molar-refractivity contribution in [2.24, 2.45) is 0 Å². The van der Waals surface area contributed by atoms with Crippen LogP contribution >= 0.6 is 0 Å². The van der Waals surface area contributed by atoms with E-state index in [1.165, 1.54) is 14.2 Å². The molecule has 4 heterocycles. The van der Waals surface area contributed by atoms with Crippen LogP contribution in [0.5, 0.6) is 46.0 Å². The summed E-state index contributed by atoms with van der Waals surface area (Å²) in [6.45, 7) is 0.963. The lowest BCUT2D eigenvalue weighted by Gasteiger charge is -2.44. The zero-order chi connectivity index (χ0) is 34.7. The summed E-state index contributed by atoms with van der Waals surface area (Å²) in [7, 11) is 8.04. The minimum Gasteiger partial charge on any atom is -0.504 e. The normalized spacial score (nSPS) is 21.8. The minimum atomic E-state index is -1.74. The molecule has 0 amide bonds. The van der Waals surface area contributed by atoms with Crippen molar-refractivity contribution in [3.63, 3.8) is 0 Å². The van der Waals surface area contributed by atoms with Gasteiger partial charge in [-0.2, -0.15) is 0 Å². The van der Waals surface area contributed by atoms with Gasteiger partial charge in [0.15, 0.2) is 35.0 Å². The summed E-state index contributed by atoms with van der Waals surface area (Å²) in [6.07, 6.45) is 1.98. The van der Waals surface area contributed by atoms with E-state index in [9.17, 15) is 20.1 Å². The molecular formula is C38H40N2O9. The van der Waals surface area contributed by atoms with Crippen molar-refractivity contribution in [1.29, 1.82) is 0 Å². The van der Waals surface area contributed by atoms with E-state index in [0.29, 0.717) is 66.2 Å². The van der Waals surface area contributed by atoms with Crippen LogP contribution in [0.2, 0.25) is 0 Å². The van der Waals surface area contributed by atoms with Gasteiger partial charge in [-0.3, -0.25) is 14.6 Å². The molecule has 49 heavy (non-hydrogen) atoms. The zero-order valence-corrected chi connectivity index (χ0v) is 28.2. The maximum Gasteiger partial charge on any atom is 0.208 e. The number of likely N-dealkylation sites (N-methyl/N-ethyl adjacent to an activating group) is 2. The number of methoxy groups -OCH3 is 3. The number of aromatic hydroxyl groups is 1. The number of hydrogen-bond donors (Lipinski definition) is 3. The van der Waals surface area contributed by atoms with E-state index in [4.69, 9.17) is 23.7 Å². The Balaban J connectivity index is 1.54. The van der Waals surface area contributed by atoms with Gasteiger partial charge >= 0.3 is 0 Å². The highest BCUT2D eigenvalue weighted by Crippen LogP contribution is 2.56. The molecule has 0 radical (unpaired) electrons. The van der Waals surface area contributed by atoms with Crippen LogP contribution in [-0.4, -0.2) is 79.9 Å². The SMILES string of the molecule is COc1ccc2cc1Oc1ccc(cc1)CC1(O)c3cc(c(C=O)cc3CCN1C)Oc1c(OC)c(OC)c(O)c3c1C(O)(C2)N(C)CC3. The average Bonchev–Trinajstić information content (AvgIpc) is 3.09. The molecule has 0 aliphatic carbocycles. The second-order valence-corrected chi connectivity index (χ2v) is 12.9. The predicted molar refractivity (Wildman–Crippen MR) is 180 cm³/mol. The fourth-order valence-corrected chi connectivity index (χ4v) is 7.44. The molecule has 4 aromatic rings. The Morgan fingerprint density at radius 1 is 0.776 bits per heavy atom. The van der Waals surface area contributed by atoms with Crippen LogP contribution in [0.4, 0.5) is 0 Å². The van der Waals surface area contributed by atoms with Gasteiger partial charge in [-0.05, 0) is 80.0 Å². The first-order chi connectivity index (χ1) is 23.5. The van der Waals surface area contributed by atoms with Crippen molar-refractivity contribution < 1.29 is 43.8 Å². The van der Waals surface area contributed by atoms with E-state index in [1.807, 2.05) is 48.3 Å². The minimum absolute atomic E-state index is 0.0373. The van der Waals surface area contributed by atoms with Crippen molar-refractivity contribution in [3.8, 4) is 46.0 Å². The summed E-state index contributed by atoms with van der Waals surface area (Å²) in [4.78, 5) is 16.3. The van der Waals surface area contributed by atoms with Crippen LogP contribution < -0.4 is 23.7 Å². The largest absolute Gasteiger partial charge is 0.504 e. The smallest absolute Gasteiger partial charge is 0.208 e. The molecule has 0 fully saturated rings. The Morgan fingerprint density at radius 2 is 1.45 bits per heavy atom. The van der Waals surface area contributed by atoms with E-state index >= 15 is 0 Å². The molecule has 6 bridgehead atoms. The highest BCUT2D eigenvalue weighted by Gasteiger charge is 2.47. The Hall–Kier alpha value is -4.81. The number of phenolic OH excluding ortho intramolecular Hbond substituents is 1.